The summed E-state index contributed by atoms with van der Waals surface area (Å²) in [4.78, 5) is 9.00. The summed E-state index contributed by atoms with van der Waals surface area (Å²) in [6.07, 6.45) is 0. The first-order chi connectivity index (χ1) is 3.73. The summed E-state index contributed by atoms with van der Waals surface area (Å²) in [7, 11) is -4.33. The summed E-state index contributed by atoms with van der Waals surface area (Å²) in [6, 6.07) is -0.833. The number of hydrogen-bond acceptors (Lipinski definition) is 5. The van der Waals surface area contributed by atoms with Gasteiger partial charge in [0, 0.05) is 0 Å². The number of carbonyl (C=O) groups excluding carboxylic acids is 1. The van der Waals surface area contributed by atoms with Crippen molar-refractivity contribution in [3.63, 3.8) is 0 Å². The standard InChI is InChI=1S/CH4N2O.2Na.H2O3S2.5H2O/c2-1(3)4;;;1-5(2,3)4;;;;;/h(H4,2,3,4);;;(H2,1,2,3,4);5*1H2/q;2*+1;;;;;;/p-2. The molecule has 0 saturated heterocycles. The van der Waals surface area contributed by atoms with Crippen LogP contribution in [0.15, 0.2) is 0 Å². The van der Waals surface area contributed by atoms with Crippen molar-refractivity contribution in [1.82, 2.24) is 0 Å². The minimum atomic E-state index is -4.33. The van der Waals surface area contributed by atoms with Crippen molar-refractivity contribution in [3.05, 3.63) is 0 Å². The number of urea groups is 1. The molecule has 0 atom stereocenters. The van der Waals surface area contributed by atoms with Crippen LogP contribution in [-0.4, -0.2) is 46.7 Å². The maximum atomic E-state index is 9.00. The quantitative estimate of drug-likeness (QED) is 0.410. The van der Waals surface area contributed by atoms with Crippen molar-refractivity contribution in [2.75, 3.05) is 0 Å². The predicted octanol–water partition coefficient (Wildman–Crippen LogP) is -12.1. The largest absolute Gasteiger partial charge is 1.00 e. The topological polar surface area (TPSA) is 290 Å². The van der Waals surface area contributed by atoms with Gasteiger partial charge in [0.25, 0.3) is 0 Å². The monoisotopic (exact) mass is 308 g/mol. The Morgan fingerprint density at radius 1 is 0.938 bits per heavy atom. The van der Waals surface area contributed by atoms with E-state index in [1.807, 2.05) is 0 Å². The van der Waals surface area contributed by atoms with E-state index in [9.17, 15) is 0 Å². The zero-order chi connectivity index (χ0) is 8.08. The van der Waals surface area contributed by atoms with Crippen LogP contribution in [-0.2, 0) is 20.2 Å². The fourth-order valence-corrected chi connectivity index (χ4v) is 0. The van der Waals surface area contributed by atoms with Gasteiger partial charge in [0.05, 0.1) is 0 Å². The molecular weight excluding hydrogens is 294 g/mol. The van der Waals surface area contributed by atoms with Crippen molar-refractivity contribution >= 4 is 26.3 Å². The fourth-order valence-electron chi connectivity index (χ4n) is 0. The van der Waals surface area contributed by atoms with Gasteiger partial charge in [-0.3, -0.25) is 4.21 Å². The normalized spacial score (nSPS) is 5.12. The van der Waals surface area contributed by atoms with Gasteiger partial charge >= 0.3 is 65.1 Å². The van der Waals surface area contributed by atoms with E-state index < -0.39 is 15.1 Å². The van der Waals surface area contributed by atoms with Gasteiger partial charge in [-0.2, -0.15) is 0 Å². The molecule has 0 aliphatic carbocycles. The third-order valence-electron chi connectivity index (χ3n) is 0. The van der Waals surface area contributed by atoms with Crippen molar-refractivity contribution in [1.29, 1.82) is 0 Å². The number of hydrogen-bond donors (Lipinski definition) is 2. The molecule has 2 amide bonds. The Hall–Kier alpha value is 1.36. The van der Waals surface area contributed by atoms with Gasteiger partial charge in [-0.15, -0.1) is 9.05 Å². The molecule has 96 valence electrons. The van der Waals surface area contributed by atoms with Crippen LogP contribution in [0.2, 0.25) is 0 Å². The van der Waals surface area contributed by atoms with E-state index in [0.717, 1.165) is 0 Å². The van der Waals surface area contributed by atoms with Gasteiger partial charge < -0.3 is 48.0 Å². The molecule has 0 heterocycles. The van der Waals surface area contributed by atoms with E-state index in [0.29, 0.717) is 0 Å². The fraction of sp³-hybridized carbons (Fsp3) is 0. The van der Waals surface area contributed by atoms with Gasteiger partial charge in [0.1, 0.15) is 0 Å². The first-order valence-electron chi connectivity index (χ1n) is 1.45. The number of rotatable bonds is 0. The predicted molar refractivity (Wildman–Crippen MR) is 48.9 cm³/mol. The van der Waals surface area contributed by atoms with E-state index in [1.165, 1.54) is 0 Å². The third kappa shape index (κ3) is 1710. The molecule has 0 aromatic heterocycles. The van der Waals surface area contributed by atoms with Gasteiger partial charge in [0.15, 0.2) is 0 Å². The molecule has 15 heteroatoms. The van der Waals surface area contributed by atoms with Crippen molar-refractivity contribution in [3.8, 4) is 0 Å². The maximum absolute atomic E-state index is 9.00. The van der Waals surface area contributed by atoms with E-state index in [4.69, 9.17) is 18.1 Å². The van der Waals surface area contributed by atoms with Gasteiger partial charge in [-0.1, -0.05) is 0 Å². The summed E-state index contributed by atoms with van der Waals surface area (Å²) < 4.78 is 26.7. The number of nitrogens with two attached hydrogens (primary N) is 2. The summed E-state index contributed by atoms with van der Waals surface area (Å²) >= 11 is 3.24. The summed E-state index contributed by atoms with van der Waals surface area (Å²) in [5.74, 6) is 0. The Kier molecular flexibility index (Phi) is 149. The van der Waals surface area contributed by atoms with Crippen LogP contribution >= 0.6 is 0 Å². The van der Waals surface area contributed by atoms with Crippen molar-refractivity contribution < 1.29 is 105 Å². The SMILES string of the molecule is NC(N)=O.O.O.O.O.O.O=S([O-])([O-])=S.[Na+].[Na+]. The second-order valence-corrected chi connectivity index (χ2v) is 2.85. The van der Waals surface area contributed by atoms with Crippen LogP contribution in [0.1, 0.15) is 0 Å². The van der Waals surface area contributed by atoms with Crippen molar-refractivity contribution in [2.45, 2.75) is 0 Å². The van der Waals surface area contributed by atoms with E-state index >= 15 is 0 Å². The Bertz CT molecular complexity index is 172. The number of carbonyl (C=O) groups is 1. The molecular formula is CH14N2Na2O9S2. The van der Waals surface area contributed by atoms with Crippen LogP contribution < -0.4 is 70.6 Å². The molecule has 0 unspecified atom stereocenters. The molecule has 16 heavy (non-hydrogen) atoms. The molecule has 0 aromatic rings. The molecule has 0 radical (unpaired) electrons. The molecule has 0 rings (SSSR count). The van der Waals surface area contributed by atoms with Crippen LogP contribution in [0.4, 0.5) is 4.79 Å². The third-order valence-corrected chi connectivity index (χ3v) is 0. The Morgan fingerprint density at radius 2 is 0.938 bits per heavy atom. The average molecular weight is 308 g/mol. The Labute approximate surface area is 141 Å². The van der Waals surface area contributed by atoms with Crippen LogP contribution in [0.5, 0.6) is 0 Å². The second-order valence-electron chi connectivity index (χ2n) is 0.811. The molecule has 0 spiro atoms. The van der Waals surface area contributed by atoms with Gasteiger partial charge in [-0.25, -0.2) is 4.79 Å². The van der Waals surface area contributed by atoms with Crippen molar-refractivity contribution in [2.24, 2.45) is 11.5 Å². The minimum Gasteiger partial charge on any atom is -0.780 e. The molecule has 0 aliphatic rings. The molecule has 14 N–H and O–H groups in total. The molecule has 0 aliphatic heterocycles. The number of primary amides is 2. The second kappa shape index (κ2) is 36.0. The first-order valence-corrected chi connectivity index (χ1v) is 3.78. The summed E-state index contributed by atoms with van der Waals surface area (Å²) in [5.41, 5.74) is 8.50. The average Bonchev–Trinajstić information content (AvgIpc) is 1.19. The summed E-state index contributed by atoms with van der Waals surface area (Å²) in [5, 5.41) is 0. The molecule has 0 saturated carbocycles. The van der Waals surface area contributed by atoms with Crippen LogP contribution in [0.25, 0.3) is 0 Å². The van der Waals surface area contributed by atoms with E-state index in [-0.39, 0.29) is 86.5 Å². The van der Waals surface area contributed by atoms with E-state index in [2.05, 4.69) is 22.7 Å². The molecule has 0 aromatic carbocycles. The molecule has 0 bridgehead atoms. The van der Waals surface area contributed by atoms with Crippen LogP contribution in [0.3, 0.4) is 0 Å². The summed E-state index contributed by atoms with van der Waals surface area (Å²) in [6.45, 7) is 0. The molecule has 0 fully saturated rings. The van der Waals surface area contributed by atoms with Gasteiger partial charge in [0.2, 0.25) is 0 Å². The molecule has 11 nitrogen and oxygen atoms in total. The van der Waals surface area contributed by atoms with Gasteiger partial charge in [-0.05, 0) is 11.2 Å². The van der Waals surface area contributed by atoms with Crippen LogP contribution in [0, 0.1) is 0 Å². The smallest absolute Gasteiger partial charge is 0.780 e. The number of amides is 2. The Morgan fingerprint density at radius 3 is 0.938 bits per heavy atom. The maximum Gasteiger partial charge on any atom is 1.00 e. The zero-order valence-electron chi connectivity index (χ0n) is 8.60. The zero-order valence-corrected chi connectivity index (χ0v) is 14.2. The Balaban J connectivity index is -0.00000000614. The first kappa shape index (κ1) is 66.5. The minimum absolute atomic E-state index is 0. The van der Waals surface area contributed by atoms with E-state index in [1.54, 1.807) is 0 Å².